The maximum absolute atomic E-state index is 13.4. The molecule has 3 heterocycles. The molecule has 0 aliphatic carbocycles. The Balaban J connectivity index is 1.18. The first-order valence-electron chi connectivity index (χ1n) is 13.0. The molecule has 3 amide bonds. The first-order valence-corrected chi connectivity index (χ1v) is 14.0. The minimum atomic E-state index is -0.671. The highest BCUT2D eigenvalue weighted by molar-refractivity contribution is 8.14. The second-order valence-corrected chi connectivity index (χ2v) is 10.3. The van der Waals surface area contributed by atoms with Gasteiger partial charge >= 0.3 is 0 Å². The molecule has 5 rings (SSSR count). The van der Waals surface area contributed by atoms with Gasteiger partial charge in [0.25, 0.3) is 5.91 Å². The molecule has 2 N–H and O–H groups in total. The molecule has 10 heteroatoms. The second-order valence-electron chi connectivity index (χ2n) is 9.41. The van der Waals surface area contributed by atoms with E-state index in [1.807, 2.05) is 54.6 Å². The van der Waals surface area contributed by atoms with Crippen LogP contribution < -0.4 is 10.6 Å². The third kappa shape index (κ3) is 6.31. The number of fused-ring (bicyclic) bond motifs is 3. The molecule has 1 saturated heterocycles. The van der Waals surface area contributed by atoms with Gasteiger partial charge in [0.05, 0.1) is 17.5 Å². The van der Waals surface area contributed by atoms with Crippen molar-refractivity contribution in [3.8, 4) is 0 Å². The highest BCUT2D eigenvalue weighted by Gasteiger charge is 2.41. The van der Waals surface area contributed by atoms with E-state index in [1.54, 1.807) is 0 Å². The van der Waals surface area contributed by atoms with Gasteiger partial charge in [0.2, 0.25) is 11.8 Å². The lowest BCUT2D eigenvalue weighted by Gasteiger charge is -2.25. The van der Waals surface area contributed by atoms with Gasteiger partial charge in [-0.05, 0) is 43.4 Å². The van der Waals surface area contributed by atoms with Crippen molar-refractivity contribution < 1.29 is 19.1 Å². The Morgan fingerprint density at radius 2 is 1.87 bits per heavy atom. The summed E-state index contributed by atoms with van der Waals surface area (Å²) < 4.78 is 5.56. The van der Waals surface area contributed by atoms with Crippen LogP contribution in [0.2, 0.25) is 0 Å². The van der Waals surface area contributed by atoms with Gasteiger partial charge in [-0.15, -0.1) is 0 Å². The SMILES string of the molecule is O=C(CC[C@@H]1N=C2c3ccccc3N=C(SCC(=O)NC[C@H]3CCCO3)N2C1=O)NCCc1ccccc1. The summed E-state index contributed by atoms with van der Waals surface area (Å²) in [5.74, 6) is 0.181. The van der Waals surface area contributed by atoms with Crippen LogP contribution in [0.1, 0.15) is 36.8 Å². The number of carbonyl (C=O) groups is 3. The summed E-state index contributed by atoms with van der Waals surface area (Å²) in [6.45, 7) is 1.76. The minimum Gasteiger partial charge on any atom is -0.376 e. The summed E-state index contributed by atoms with van der Waals surface area (Å²) in [6, 6.07) is 16.8. The Morgan fingerprint density at radius 3 is 2.68 bits per heavy atom. The lowest BCUT2D eigenvalue weighted by Crippen LogP contribution is -2.42. The predicted molar refractivity (Wildman–Crippen MR) is 148 cm³/mol. The van der Waals surface area contributed by atoms with Crippen LogP contribution in [0, 0.1) is 0 Å². The average molecular weight is 534 g/mol. The van der Waals surface area contributed by atoms with Crippen LogP contribution in [-0.4, -0.2) is 71.2 Å². The van der Waals surface area contributed by atoms with Crippen molar-refractivity contribution >= 4 is 46.2 Å². The molecule has 1 fully saturated rings. The Labute approximate surface area is 226 Å². The van der Waals surface area contributed by atoms with Crippen molar-refractivity contribution in [2.45, 2.75) is 44.2 Å². The van der Waals surface area contributed by atoms with E-state index in [-0.39, 0.29) is 36.0 Å². The number of para-hydroxylation sites is 1. The van der Waals surface area contributed by atoms with E-state index >= 15 is 0 Å². The van der Waals surface area contributed by atoms with Gasteiger partial charge in [-0.3, -0.25) is 19.4 Å². The van der Waals surface area contributed by atoms with Gasteiger partial charge in [0, 0.05) is 31.7 Å². The van der Waals surface area contributed by atoms with Gasteiger partial charge in [-0.2, -0.15) is 0 Å². The topological polar surface area (TPSA) is 112 Å². The highest BCUT2D eigenvalue weighted by Crippen LogP contribution is 2.34. The fourth-order valence-corrected chi connectivity index (χ4v) is 5.48. The molecule has 0 spiro atoms. The molecule has 2 atom stereocenters. The zero-order valence-corrected chi connectivity index (χ0v) is 21.9. The molecule has 198 valence electrons. The quantitative estimate of drug-likeness (QED) is 0.488. The van der Waals surface area contributed by atoms with Gasteiger partial charge in [0.1, 0.15) is 11.9 Å². The molecule has 38 heavy (non-hydrogen) atoms. The van der Waals surface area contributed by atoms with E-state index in [0.717, 1.165) is 37.0 Å². The largest absolute Gasteiger partial charge is 0.376 e. The number of amidine groups is 2. The van der Waals surface area contributed by atoms with E-state index in [1.165, 1.54) is 16.7 Å². The normalized spacial score (nSPS) is 19.9. The summed E-state index contributed by atoms with van der Waals surface area (Å²) in [6.07, 6.45) is 3.28. The third-order valence-electron chi connectivity index (χ3n) is 6.65. The van der Waals surface area contributed by atoms with Crippen LogP contribution in [0.5, 0.6) is 0 Å². The molecule has 0 unspecified atom stereocenters. The number of aliphatic imine (C=N–C) groups is 2. The lowest BCUT2D eigenvalue weighted by molar-refractivity contribution is -0.125. The summed E-state index contributed by atoms with van der Waals surface area (Å²) in [7, 11) is 0. The van der Waals surface area contributed by atoms with Gasteiger partial charge in [-0.25, -0.2) is 9.89 Å². The van der Waals surface area contributed by atoms with Gasteiger partial charge in [0.15, 0.2) is 5.17 Å². The van der Waals surface area contributed by atoms with Crippen LogP contribution in [-0.2, 0) is 25.5 Å². The monoisotopic (exact) mass is 533 g/mol. The third-order valence-corrected chi connectivity index (χ3v) is 7.59. The summed E-state index contributed by atoms with van der Waals surface area (Å²) in [4.78, 5) is 49.2. The number of hydrogen-bond donors (Lipinski definition) is 2. The van der Waals surface area contributed by atoms with E-state index < -0.39 is 6.04 Å². The van der Waals surface area contributed by atoms with Crippen LogP contribution in [0.3, 0.4) is 0 Å². The molecule has 0 aromatic heterocycles. The molecular formula is C28H31N5O4S. The number of amides is 3. The number of carbonyl (C=O) groups excluding carboxylic acids is 3. The average Bonchev–Trinajstić information content (AvgIpc) is 3.58. The maximum Gasteiger partial charge on any atom is 0.259 e. The standard InChI is InChI=1S/C28H31N5O4S/c34-24(29-15-14-19-7-2-1-3-8-19)13-12-23-27(36)33-26(31-23)21-10-4-5-11-22(21)32-28(33)38-18-25(35)30-17-20-9-6-16-37-20/h1-5,7-8,10-11,20,23H,6,9,12-18H2,(H,29,34)(H,30,35)/t20-,23+/m1/s1. The molecule has 2 aromatic rings. The van der Waals surface area contributed by atoms with Crippen molar-refractivity contribution in [1.29, 1.82) is 0 Å². The summed E-state index contributed by atoms with van der Waals surface area (Å²) in [5.41, 5.74) is 2.63. The number of nitrogens with one attached hydrogen (secondary N) is 2. The van der Waals surface area contributed by atoms with Crippen molar-refractivity contribution in [1.82, 2.24) is 15.5 Å². The van der Waals surface area contributed by atoms with Crippen LogP contribution in [0.15, 0.2) is 64.6 Å². The van der Waals surface area contributed by atoms with Crippen molar-refractivity contribution in [3.05, 3.63) is 65.7 Å². The summed E-state index contributed by atoms with van der Waals surface area (Å²) in [5, 5.41) is 6.26. The van der Waals surface area contributed by atoms with Crippen molar-refractivity contribution in [2.24, 2.45) is 9.98 Å². The number of ether oxygens (including phenoxy) is 1. The molecule has 3 aliphatic heterocycles. The maximum atomic E-state index is 13.4. The summed E-state index contributed by atoms with van der Waals surface area (Å²) >= 11 is 1.21. The Kier molecular flexibility index (Phi) is 8.50. The zero-order valence-electron chi connectivity index (χ0n) is 21.1. The number of nitrogens with zero attached hydrogens (tertiary/aromatic N) is 3. The number of benzene rings is 2. The van der Waals surface area contributed by atoms with Crippen LogP contribution in [0.4, 0.5) is 5.69 Å². The Bertz CT molecular complexity index is 1240. The van der Waals surface area contributed by atoms with E-state index in [4.69, 9.17) is 9.73 Å². The molecule has 2 aromatic carbocycles. The Hall–Kier alpha value is -3.50. The number of thioether (sulfide) groups is 1. The zero-order chi connectivity index (χ0) is 26.3. The predicted octanol–water partition coefficient (Wildman–Crippen LogP) is 2.81. The smallest absolute Gasteiger partial charge is 0.259 e. The highest BCUT2D eigenvalue weighted by atomic mass is 32.2. The number of hydrogen-bond acceptors (Lipinski definition) is 7. The van der Waals surface area contributed by atoms with E-state index in [0.29, 0.717) is 36.2 Å². The van der Waals surface area contributed by atoms with Crippen LogP contribution in [0.25, 0.3) is 0 Å². The second kappa shape index (κ2) is 12.4. The molecule has 0 bridgehead atoms. The molecule has 3 aliphatic rings. The van der Waals surface area contributed by atoms with Gasteiger partial charge < -0.3 is 15.4 Å². The Morgan fingerprint density at radius 1 is 1.05 bits per heavy atom. The fraction of sp³-hybridized carbons (Fsp3) is 0.393. The molecule has 0 radical (unpaired) electrons. The van der Waals surface area contributed by atoms with Gasteiger partial charge in [-0.1, -0.05) is 54.2 Å². The molecule has 0 saturated carbocycles. The number of rotatable bonds is 10. The van der Waals surface area contributed by atoms with Crippen molar-refractivity contribution in [2.75, 3.05) is 25.4 Å². The first-order chi connectivity index (χ1) is 18.6. The molecular weight excluding hydrogens is 502 g/mol. The lowest BCUT2D eigenvalue weighted by atomic mass is 10.1. The minimum absolute atomic E-state index is 0.0676. The fourth-order valence-electron chi connectivity index (χ4n) is 4.65. The van der Waals surface area contributed by atoms with E-state index in [9.17, 15) is 14.4 Å². The first kappa shape index (κ1) is 26.1. The van der Waals surface area contributed by atoms with E-state index in [2.05, 4.69) is 15.6 Å². The van der Waals surface area contributed by atoms with Crippen LogP contribution >= 0.6 is 11.8 Å². The molecule has 9 nitrogen and oxygen atoms in total. The van der Waals surface area contributed by atoms with Crippen molar-refractivity contribution in [3.63, 3.8) is 0 Å².